The molecule has 0 saturated heterocycles. The minimum Gasteiger partial charge on any atom is -0.497 e. The molecule has 3 atom stereocenters. The summed E-state index contributed by atoms with van der Waals surface area (Å²) in [6.45, 7) is 2.96. The highest BCUT2D eigenvalue weighted by molar-refractivity contribution is 5.92. The molecule has 2 heterocycles. The van der Waals surface area contributed by atoms with Crippen LogP contribution in [0.5, 0.6) is 5.75 Å². The number of carbonyl (C=O) groups excluding carboxylic acids is 1. The number of amides is 1. The van der Waals surface area contributed by atoms with Gasteiger partial charge < -0.3 is 29.6 Å². The fourth-order valence-corrected chi connectivity index (χ4v) is 4.71. The molecule has 0 radical (unpaired) electrons. The summed E-state index contributed by atoms with van der Waals surface area (Å²) in [5.41, 5.74) is 3.24. The van der Waals surface area contributed by atoms with Crippen molar-refractivity contribution in [3.05, 3.63) is 77.7 Å². The van der Waals surface area contributed by atoms with Crippen LogP contribution < -0.4 is 10.1 Å². The molecular weight excluding hydrogens is 444 g/mol. The van der Waals surface area contributed by atoms with Crippen LogP contribution in [-0.4, -0.2) is 49.2 Å². The molecule has 4 rings (SSSR count). The summed E-state index contributed by atoms with van der Waals surface area (Å²) in [4.78, 5) is 16.4. The average Bonchev–Trinajstić information content (AvgIpc) is 3.30. The van der Waals surface area contributed by atoms with E-state index < -0.39 is 6.29 Å². The second kappa shape index (κ2) is 11.9. The van der Waals surface area contributed by atoms with Gasteiger partial charge >= 0.3 is 0 Å². The molecule has 7 heteroatoms. The van der Waals surface area contributed by atoms with Crippen LogP contribution in [0.3, 0.4) is 0 Å². The Morgan fingerprint density at radius 1 is 1.20 bits per heavy atom. The Hall–Kier alpha value is -3.29. The molecular formula is C28H34N2O5. The van der Waals surface area contributed by atoms with Gasteiger partial charge in [-0.15, -0.1) is 0 Å². The van der Waals surface area contributed by atoms with Crippen LogP contribution in [0.4, 0.5) is 0 Å². The number of nitrogens with one attached hydrogen (secondary N) is 2. The van der Waals surface area contributed by atoms with Crippen LogP contribution >= 0.6 is 0 Å². The molecule has 0 spiro atoms. The minimum absolute atomic E-state index is 0.00208. The molecule has 0 aliphatic carbocycles. The molecule has 1 aromatic heterocycles. The van der Waals surface area contributed by atoms with Gasteiger partial charge in [0.25, 0.3) is 5.91 Å². The predicted molar refractivity (Wildman–Crippen MR) is 135 cm³/mol. The van der Waals surface area contributed by atoms with Gasteiger partial charge in [-0.1, -0.05) is 30.3 Å². The number of hydrogen-bond donors (Lipinski definition) is 3. The van der Waals surface area contributed by atoms with E-state index in [1.807, 2.05) is 55.6 Å². The van der Waals surface area contributed by atoms with E-state index in [4.69, 9.17) is 14.2 Å². The molecule has 2 aromatic carbocycles. The van der Waals surface area contributed by atoms with Gasteiger partial charge in [-0.25, -0.2) is 0 Å². The predicted octanol–water partition coefficient (Wildman–Crippen LogP) is 4.28. The highest BCUT2D eigenvalue weighted by atomic mass is 16.7. The lowest BCUT2D eigenvalue weighted by atomic mass is 9.80. The number of allylic oxidation sites excluding steroid dienone is 1. The van der Waals surface area contributed by atoms with Gasteiger partial charge in [-0.2, -0.15) is 0 Å². The maximum Gasteiger partial charge on any atom is 0.286 e. The van der Waals surface area contributed by atoms with Crippen molar-refractivity contribution < 1.29 is 24.1 Å². The fraction of sp³-hybridized carbons (Fsp3) is 0.393. The molecule has 7 nitrogen and oxygen atoms in total. The van der Waals surface area contributed by atoms with E-state index in [9.17, 15) is 9.90 Å². The zero-order chi connectivity index (χ0) is 24.6. The van der Waals surface area contributed by atoms with E-state index in [1.54, 1.807) is 7.11 Å². The Morgan fingerprint density at radius 2 is 2.03 bits per heavy atom. The van der Waals surface area contributed by atoms with Crippen molar-refractivity contribution in [2.75, 3.05) is 26.9 Å². The van der Waals surface area contributed by atoms with Crippen LogP contribution in [-0.2, 0) is 20.7 Å². The van der Waals surface area contributed by atoms with E-state index >= 15 is 0 Å². The number of ether oxygens (including phenoxy) is 3. The molecule has 0 bridgehead atoms. The monoisotopic (exact) mass is 478 g/mol. The van der Waals surface area contributed by atoms with Crippen molar-refractivity contribution >= 4 is 16.8 Å². The normalized spacial score (nSPS) is 19.7. The van der Waals surface area contributed by atoms with Gasteiger partial charge in [0, 0.05) is 48.7 Å². The number of aliphatic hydroxyl groups excluding tert-OH is 1. The number of aliphatic hydroxyl groups is 1. The Morgan fingerprint density at radius 3 is 2.77 bits per heavy atom. The lowest BCUT2D eigenvalue weighted by Gasteiger charge is -2.37. The van der Waals surface area contributed by atoms with E-state index in [2.05, 4.69) is 22.4 Å². The van der Waals surface area contributed by atoms with Crippen molar-refractivity contribution in [1.82, 2.24) is 10.3 Å². The molecule has 35 heavy (non-hydrogen) atoms. The van der Waals surface area contributed by atoms with E-state index in [0.717, 1.165) is 34.2 Å². The third-order valence-corrected chi connectivity index (χ3v) is 6.47. The number of fused-ring (bicyclic) bond motifs is 1. The Bertz CT molecular complexity index is 1140. The Labute approximate surface area is 206 Å². The molecule has 1 aliphatic rings. The van der Waals surface area contributed by atoms with Gasteiger partial charge in [0.2, 0.25) is 6.29 Å². The maximum absolute atomic E-state index is 13.1. The zero-order valence-corrected chi connectivity index (χ0v) is 20.3. The SMILES string of the molecule is CCO[C@H]1OC(C(=O)NCCc2c[nH]c3ccc(OC)cc23)=C[C@@H](c2ccccc2)[C@H]1CCCO. The number of aromatic nitrogens is 1. The number of rotatable bonds is 11. The van der Waals surface area contributed by atoms with Crippen LogP contribution in [0.15, 0.2) is 66.6 Å². The first-order chi connectivity index (χ1) is 17.1. The van der Waals surface area contributed by atoms with E-state index in [-0.39, 0.29) is 30.1 Å². The van der Waals surface area contributed by atoms with Crippen molar-refractivity contribution in [2.24, 2.45) is 5.92 Å². The number of carbonyl (C=O) groups is 1. The fourth-order valence-electron chi connectivity index (χ4n) is 4.71. The summed E-state index contributed by atoms with van der Waals surface area (Å²) < 4.78 is 17.3. The lowest BCUT2D eigenvalue weighted by Crippen LogP contribution is -2.39. The highest BCUT2D eigenvalue weighted by Crippen LogP contribution is 2.39. The standard InChI is InChI=1S/C28H34N2O5/c1-3-34-28-22(10-7-15-31)23(19-8-5-4-6-9-19)17-26(35-28)27(32)29-14-13-20-18-30-25-12-11-21(33-2)16-24(20)25/h4-6,8-9,11-12,16-18,22-23,28,30-31H,3,7,10,13-15H2,1-2H3,(H,29,32)/t22-,23+,28+/m1/s1. The summed E-state index contributed by atoms with van der Waals surface area (Å²) in [7, 11) is 1.65. The average molecular weight is 479 g/mol. The molecule has 1 aliphatic heterocycles. The molecule has 0 unspecified atom stereocenters. The maximum atomic E-state index is 13.1. The number of benzene rings is 2. The van der Waals surface area contributed by atoms with Crippen LogP contribution in [0.1, 0.15) is 36.8 Å². The van der Waals surface area contributed by atoms with Crippen LogP contribution in [0.2, 0.25) is 0 Å². The molecule has 3 aromatic rings. The van der Waals surface area contributed by atoms with Crippen LogP contribution in [0, 0.1) is 5.92 Å². The first-order valence-electron chi connectivity index (χ1n) is 12.2. The third-order valence-electron chi connectivity index (χ3n) is 6.47. The first kappa shape index (κ1) is 24.8. The summed E-state index contributed by atoms with van der Waals surface area (Å²) in [5, 5.41) is 13.5. The number of methoxy groups -OCH3 is 1. The molecule has 0 fully saturated rings. The van der Waals surface area contributed by atoms with Gasteiger partial charge in [0.05, 0.1) is 7.11 Å². The third kappa shape index (κ3) is 5.86. The molecule has 1 amide bonds. The lowest BCUT2D eigenvalue weighted by molar-refractivity contribution is -0.166. The minimum atomic E-state index is -0.552. The van der Waals surface area contributed by atoms with Crippen molar-refractivity contribution in [1.29, 1.82) is 0 Å². The van der Waals surface area contributed by atoms with Crippen molar-refractivity contribution in [2.45, 2.75) is 38.4 Å². The number of hydrogen-bond acceptors (Lipinski definition) is 5. The molecule has 0 saturated carbocycles. The summed E-state index contributed by atoms with van der Waals surface area (Å²) >= 11 is 0. The van der Waals surface area contributed by atoms with Crippen molar-refractivity contribution in [3.8, 4) is 5.75 Å². The highest BCUT2D eigenvalue weighted by Gasteiger charge is 2.37. The van der Waals surface area contributed by atoms with E-state index in [0.29, 0.717) is 26.0 Å². The second-order valence-electron chi connectivity index (χ2n) is 8.67. The second-order valence-corrected chi connectivity index (χ2v) is 8.67. The largest absolute Gasteiger partial charge is 0.497 e. The molecule has 3 N–H and O–H groups in total. The summed E-state index contributed by atoms with van der Waals surface area (Å²) in [6, 6.07) is 16.0. The zero-order valence-electron chi connectivity index (χ0n) is 20.3. The number of H-pyrrole nitrogens is 1. The summed E-state index contributed by atoms with van der Waals surface area (Å²) in [6.07, 6.45) is 5.36. The van der Waals surface area contributed by atoms with Gasteiger partial charge in [0.15, 0.2) is 5.76 Å². The van der Waals surface area contributed by atoms with Gasteiger partial charge in [-0.05, 0) is 61.6 Å². The van der Waals surface area contributed by atoms with Crippen molar-refractivity contribution in [3.63, 3.8) is 0 Å². The Balaban J connectivity index is 1.49. The van der Waals surface area contributed by atoms with Gasteiger partial charge in [0.1, 0.15) is 5.75 Å². The smallest absolute Gasteiger partial charge is 0.286 e. The topological polar surface area (TPSA) is 92.8 Å². The van der Waals surface area contributed by atoms with E-state index in [1.165, 1.54) is 0 Å². The quantitative estimate of drug-likeness (QED) is 0.382. The first-order valence-corrected chi connectivity index (χ1v) is 12.2. The number of aromatic amines is 1. The summed E-state index contributed by atoms with van der Waals surface area (Å²) in [5.74, 6) is 0.775. The van der Waals surface area contributed by atoms with Gasteiger partial charge in [-0.3, -0.25) is 4.79 Å². The van der Waals surface area contributed by atoms with Crippen LogP contribution in [0.25, 0.3) is 10.9 Å². The Kier molecular flexibility index (Phi) is 8.45. The molecule has 186 valence electrons.